The first-order valence-corrected chi connectivity index (χ1v) is 19.2. The largest absolute Gasteiger partial charge is 0.456 e. The normalized spacial score (nSPS) is 17.1. The second-order valence-electron chi connectivity index (χ2n) is 14.2. The predicted octanol–water partition coefficient (Wildman–Crippen LogP) is 14.6. The highest BCUT2D eigenvalue weighted by Gasteiger charge is 2.22. The molecule has 0 bridgehead atoms. The molecular weight excluding hydrogens is 771 g/mol. The number of fused-ring (bicyclic) bond motifs is 9. The lowest BCUT2D eigenvalue weighted by Crippen LogP contribution is -2.10. The van der Waals surface area contributed by atoms with E-state index in [4.69, 9.17) is 41.3 Å². The van der Waals surface area contributed by atoms with Gasteiger partial charge in [0.05, 0.1) is 55.0 Å². The molecule has 0 fully saturated rings. The minimum Gasteiger partial charge on any atom is -0.456 e. The first-order chi connectivity index (χ1) is 41.2. The van der Waals surface area contributed by atoms with Gasteiger partial charge < -0.3 is 4.42 Å². The van der Waals surface area contributed by atoms with Crippen molar-refractivity contribution in [1.82, 2.24) is 24.1 Å². The van der Waals surface area contributed by atoms with E-state index in [1.54, 1.807) is 24.3 Å². The van der Waals surface area contributed by atoms with Gasteiger partial charge in [-0.25, -0.2) is 0 Å². The molecule has 0 radical (unpaired) electrons. The van der Waals surface area contributed by atoms with Gasteiger partial charge >= 0.3 is 0 Å². The van der Waals surface area contributed by atoms with Gasteiger partial charge in [0, 0.05) is 37.9 Å². The second-order valence-corrected chi connectivity index (χ2v) is 14.2. The monoisotopic (exact) mass is 829 g/mol. The fourth-order valence-electron chi connectivity index (χ4n) is 7.92. The highest BCUT2D eigenvalue weighted by molar-refractivity contribution is 6.13. The quantitative estimate of drug-likeness (QED) is 0.167. The number of aromatic nitrogens is 5. The molecule has 0 aliphatic rings. The van der Waals surface area contributed by atoms with E-state index in [0.29, 0.717) is 16.7 Å². The van der Waals surface area contributed by atoms with Crippen LogP contribution in [0.4, 0.5) is 0 Å². The number of benzene rings is 9. The molecule has 0 saturated carbocycles. The molecule has 9 aromatic carbocycles. The summed E-state index contributed by atoms with van der Waals surface area (Å²) in [5, 5.41) is -0.235. The molecule has 0 saturated heterocycles. The molecule has 13 rings (SSSR count). The number of para-hydroxylation sites is 3. The molecule has 0 N–H and O–H groups in total. The maximum atomic E-state index is 10.1. The SMILES string of the molecule is [2H]c1c([2H])c([2H])c(-c2c([2H])c([2H])c3c4c([2H])c([2H])c(-c5c([2H])c([2H])c([2H])c([2H])c5[2H])c([2H])c4n(-c4nc(-c5ccc(-c6cccc7oc8ccccc8c67)cc5)nc(-n5c6c([2H])c([2H])c([2H])c([2H])c6c6c([2H])c([2H])c([2H])c([2H])c65)n4)c3c2[2H])c([2H])c1[2H]. The van der Waals surface area contributed by atoms with E-state index in [0.717, 1.165) is 25.5 Å². The number of hydrogen-bond donors (Lipinski definition) is 0. The van der Waals surface area contributed by atoms with Gasteiger partial charge in [-0.15, -0.1) is 0 Å². The van der Waals surface area contributed by atoms with Crippen molar-refractivity contribution in [3.8, 4) is 56.7 Å². The van der Waals surface area contributed by atoms with Crippen LogP contribution < -0.4 is 0 Å². The molecule has 0 unspecified atom stereocenters. The summed E-state index contributed by atoms with van der Waals surface area (Å²) in [6.07, 6.45) is 0. The first-order valence-electron chi connectivity index (χ1n) is 31.2. The van der Waals surface area contributed by atoms with E-state index in [1.807, 2.05) is 42.5 Å². The van der Waals surface area contributed by atoms with E-state index < -0.39 is 212 Å². The molecule has 4 aromatic heterocycles. The Balaban J connectivity index is 1.24. The van der Waals surface area contributed by atoms with Crippen molar-refractivity contribution < 1.29 is 37.3 Å². The number of furan rings is 1. The van der Waals surface area contributed by atoms with Gasteiger partial charge in [0.1, 0.15) is 11.2 Å². The minimum atomic E-state index is -0.915. The summed E-state index contributed by atoms with van der Waals surface area (Å²) in [6.45, 7) is 0. The molecule has 6 nitrogen and oxygen atoms in total. The molecule has 0 aliphatic carbocycles. The standard InChI is InChI=1S/C57H35N5O/c1-3-14-36(15-4-1)40-30-32-45-46-33-31-41(37-16-5-2-6-17-37)35-51(46)62(50(45)34-40)57-59-55(58-56(60-57)61-48-22-10-7-18-43(48)44-19-8-11-23-49(44)61)39-28-26-38(27-29-39)42-21-13-25-53-54(42)47-20-9-12-24-52(47)63-53/h1-35H/i1D,2D,3D,4D,5D,6D,7D,8D,10D,11D,14D,15D,16D,17D,18D,19D,22D,23D,30D,31D,32D,33D,34D,35D. The van der Waals surface area contributed by atoms with Crippen LogP contribution >= 0.6 is 0 Å². The molecule has 13 aromatic rings. The van der Waals surface area contributed by atoms with Crippen molar-refractivity contribution >= 4 is 65.6 Å². The lowest BCUT2D eigenvalue weighted by Gasteiger charge is -2.13. The summed E-state index contributed by atoms with van der Waals surface area (Å²) in [5.41, 5.74) is -2.27. The summed E-state index contributed by atoms with van der Waals surface area (Å²) >= 11 is 0. The van der Waals surface area contributed by atoms with Gasteiger partial charge in [0.15, 0.2) is 5.82 Å². The van der Waals surface area contributed by atoms with Crippen molar-refractivity contribution in [2.24, 2.45) is 0 Å². The van der Waals surface area contributed by atoms with Crippen LogP contribution in [0.15, 0.2) is 216 Å². The third-order valence-corrected chi connectivity index (χ3v) is 10.7. The third kappa shape index (κ3) is 5.62. The number of hydrogen-bond acceptors (Lipinski definition) is 4. The van der Waals surface area contributed by atoms with Crippen molar-refractivity contribution in [1.29, 1.82) is 0 Å². The van der Waals surface area contributed by atoms with Crippen LogP contribution in [0, 0.1) is 0 Å². The van der Waals surface area contributed by atoms with Crippen LogP contribution in [0.5, 0.6) is 0 Å². The highest BCUT2D eigenvalue weighted by Crippen LogP contribution is 2.40. The van der Waals surface area contributed by atoms with Gasteiger partial charge in [-0.3, -0.25) is 9.13 Å². The van der Waals surface area contributed by atoms with Crippen LogP contribution in [-0.2, 0) is 0 Å². The molecule has 0 amide bonds. The van der Waals surface area contributed by atoms with Gasteiger partial charge in [0.2, 0.25) is 11.9 Å². The van der Waals surface area contributed by atoms with Crippen molar-refractivity contribution in [2.45, 2.75) is 0 Å². The summed E-state index contributed by atoms with van der Waals surface area (Å²) in [7, 11) is 0. The van der Waals surface area contributed by atoms with Gasteiger partial charge in [-0.2, -0.15) is 15.0 Å². The van der Waals surface area contributed by atoms with Gasteiger partial charge in [0.25, 0.3) is 0 Å². The zero-order valence-corrected chi connectivity index (χ0v) is 32.0. The Bertz CT molecular complexity index is 5070. The molecule has 294 valence electrons. The maximum Gasteiger partial charge on any atom is 0.240 e. The van der Waals surface area contributed by atoms with Crippen LogP contribution in [0.25, 0.3) is 122 Å². The van der Waals surface area contributed by atoms with Crippen molar-refractivity contribution in [3.63, 3.8) is 0 Å². The topological polar surface area (TPSA) is 61.7 Å². The zero-order valence-electron chi connectivity index (χ0n) is 56.0. The molecule has 0 spiro atoms. The van der Waals surface area contributed by atoms with Crippen molar-refractivity contribution in [3.05, 3.63) is 212 Å². The Hall–Kier alpha value is -8.61. The Morgan fingerprint density at radius 1 is 0.365 bits per heavy atom. The smallest absolute Gasteiger partial charge is 0.240 e. The third-order valence-electron chi connectivity index (χ3n) is 10.7. The van der Waals surface area contributed by atoms with Gasteiger partial charge in [-0.1, -0.05) is 175 Å². The predicted molar refractivity (Wildman–Crippen MR) is 258 cm³/mol. The zero-order chi connectivity index (χ0) is 62.3. The summed E-state index contributed by atoms with van der Waals surface area (Å²) in [6, 6.07) is -0.667. The molecule has 0 aliphatic heterocycles. The first kappa shape index (κ1) is 19.0. The molecular formula is C57H35N5O. The molecule has 0 atom stereocenters. The van der Waals surface area contributed by atoms with E-state index >= 15 is 0 Å². The number of rotatable bonds is 6. The Kier molecular flexibility index (Phi) is 4.21. The highest BCUT2D eigenvalue weighted by atomic mass is 16.3. The van der Waals surface area contributed by atoms with E-state index in [9.17, 15) is 11.0 Å². The Morgan fingerprint density at radius 2 is 0.873 bits per heavy atom. The summed E-state index contributed by atoms with van der Waals surface area (Å²) < 4.78 is 225. The summed E-state index contributed by atoms with van der Waals surface area (Å²) in [5.74, 6) is -1.71. The van der Waals surface area contributed by atoms with Crippen molar-refractivity contribution in [2.75, 3.05) is 0 Å². The molecule has 4 heterocycles. The molecule has 63 heavy (non-hydrogen) atoms. The van der Waals surface area contributed by atoms with E-state index in [2.05, 4.69) is 0 Å². The van der Waals surface area contributed by atoms with Crippen LogP contribution in [0.1, 0.15) is 32.9 Å². The van der Waals surface area contributed by atoms with Crippen LogP contribution in [-0.4, -0.2) is 24.1 Å². The fraction of sp³-hybridized carbons (Fsp3) is 0. The lowest BCUT2D eigenvalue weighted by molar-refractivity contribution is 0.669. The summed E-state index contributed by atoms with van der Waals surface area (Å²) in [4.78, 5) is 14.6. The van der Waals surface area contributed by atoms with Gasteiger partial charge in [-0.05, 0) is 69.7 Å². The van der Waals surface area contributed by atoms with Crippen LogP contribution in [0.2, 0.25) is 0 Å². The fourth-order valence-corrected chi connectivity index (χ4v) is 7.92. The van der Waals surface area contributed by atoms with E-state index in [1.165, 1.54) is 0 Å². The molecule has 6 heteroatoms. The Labute approximate surface area is 395 Å². The second kappa shape index (κ2) is 14.0. The minimum absolute atomic E-state index is 0.152. The average Bonchev–Trinajstić information content (AvgIpc) is 1.57. The van der Waals surface area contributed by atoms with Crippen LogP contribution in [0.3, 0.4) is 0 Å². The maximum absolute atomic E-state index is 10.1. The number of nitrogens with zero attached hydrogens (tertiary/aromatic N) is 5. The lowest BCUT2D eigenvalue weighted by atomic mass is 9.98. The Morgan fingerprint density at radius 3 is 1.49 bits per heavy atom. The average molecular weight is 830 g/mol. The van der Waals surface area contributed by atoms with E-state index in [-0.39, 0.29) is 22.2 Å².